The Kier molecular flexibility index (Phi) is 3.69. The summed E-state index contributed by atoms with van der Waals surface area (Å²) >= 11 is 3.39. The van der Waals surface area contributed by atoms with Crippen molar-refractivity contribution in [3.8, 4) is 0 Å². The van der Waals surface area contributed by atoms with Gasteiger partial charge in [0.15, 0.2) is 11.4 Å². The first kappa shape index (κ1) is 15.7. The number of amides is 1. The van der Waals surface area contributed by atoms with Crippen molar-refractivity contribution in [2.75, 3.05) is 5.32 Å². The van der Waals surface area contributed by atoms with Crippen LogP contribution in [0.2, 0.25) is 0 Å². The van der Waals surface area contributed by atoms with Crippen LogP contribution in [0.3, 0.4) is 0 Å². The molecule has 1 aromatic carbocycles. The number of carbonyl (C=O) groups excluding carboxylic acids is 2. The summed E-state index contributed by atoms with van der Waals surface area (Å²) in [5, 5.41) is 3.56. The minimum Gasteiger partial charge on any atom is -0.321 e. The molecule has 25 heavy (non-hydrogen) atoms. The summed E-state index contributed by atoms with van der Waals surface area (Å²) < 4.78 is 0.843. The number of halogens is 1. The third-order valence-electron chi connectivity index (χ3n) is 4.09. The maximum absolute atomic E-state index is 12.8. The van der Waals surface area contributed by atoms with Crippen molar-refractivity contribution in [2.24, 2.45) is 0 Å². The molecule has 1 aliphatic rings. The summed E-state index contributed by atoms with van der Waals surface area (Å²) in [4.78, 5) is 33.6. The zero-order chi connectivity index (χ0) is 17.6. The van der Waals surface area contributed by atoms with Gasteiger partial charge in [-0.15, -0.1) is 0 Å². The van der Waals surface area contributed by atoms with Gasteiger partial charge in [-0.3, -0.25) is 9.59 Å². The van der Waals surface area contributed by atoms with E-state index in [-0.39, 0.29) is 11.7 Å². The largest absolute Gasteiger partial charge is 0.321 e. The van der Waals surface area contributed by atoms with E-state index in [1.54, 1.807) is 31.3 Å². The second kappa shape index (κ2) is 5.89. The quantitative estimate of drug-likeness (QED) is 0.528. The van der Waals surface area contributed by atoms with Gasteiger partial charge in [-0.05, 0) is 49.4 Å². The predicted octanol–water partition coefficient (Wildman–Crippen LogP) is 3.92. The molecule has 0 radical (unpaired) electrons. The van der Waals surface area contributed by atoms with Crippen LogP contribution in [0.5, 0.6) is 0 Å². The van der Waals surface area contributed by atoms with Crippen molar-refractivity contribution >= 4 is 49.9 Å². The Morgan fingerprint density at radius 3 is 2.92 bits per heavy atom. The molecule has 0 fully saturated rings. The monoisotopic (exact) mass is 393 g/mol. The molecule has 3 aromatic rings. The maximum atomic E-state index is 12.8. The average molecular weight is 394 g/mol. The molecule has 3 heterocycles. The third kappa shape index (κ3) is 2.74. The Morgan fingerprint density at radius 1 is 1.24 bits per heavy atom. The normalized spacial score (nSPS) is 14.6. The minimum absolute atomic E-state index is 0.256. The zero-order valence-corrected chi connectivity index (χ0v) is 14.8. The second-order valence-corrected chi connectivity index (χ2v) is 6.65. The lowest BCUT2D eigenvalue weighted by molar-refractivity contribution is -0.110. The molecule has 0 saturated heterocycles. The molecule has 0 spiro atoms. The highest BCUT2D eigenvalue weighted by Crippen LogP contribution is 2.34. The Bertz CT molecular complexity index is 1090. The zero-order valence-electron chi connectivity index (χ0n) is 13.2. The second-order valence-electron chi connectivity index (χ2n) is 5.74. The van der Waals surface area contributed by atoms with Gasteiger partial charge in [-0.25, -0.2) is 9.97 Å². The SMILES string of the molecule is Cc1nc2ncccc2cc1C(=O)/C=C1/C(=O)Nc2ccc(Br)cc21. The van der Waals surface area contributed by atoms with Crippen LogP contribution in [0.25, 0.3) is 16.6 Å². The van der Waals surface area contributed by atoms with Crippen LogP contribution < -0.4 is 5.32 Å². The molecule has 2 aromatic heterocycles. The van der Waals surface area contributed by atoms with Crippen LogP contribution in [0.15, 0.2) is 53.1 Å². The molecule has 6 heteroatoms. The molecule has 0 bridgehead atoms. The van der Waals surface area contributed by atoms with Gasteiger partial charge in [-0.2, -0.15) is 0 Å². The predicted molar refractivity (Wildman–Crippen MR) is 99.4 cm³/mol. The van der Waals surface area contributed by atoms with E-state index in [2.05, 4.69) is 31.2 Å². The summed E-state index contributed by atoms with van der Waals surface area (Å²) in [6, 6.07) is 10.9. The first-order chi connectivity index (χ1) is 12.0. The first-order valence-corrected chi connectivity index (χ1v) is 8.42. The van der Waals surface area contributed by atoms with E-state index in [4.69, 9.17) is 0 Å². The summed E-state index contributed by atoms with van der Waals surface area (Å²) in [5.41, 5.74) is 3.40. The van der Waals surface area contributed by atoms with E-state index in [0.717, 1.165) is 9.86 Å². The van der Waals surface area contributed by atoms with Crippen LogP contribution in [0.1, 0.15) is 21.6 Å². The summed E-state index contributed by atoms with van der Waals surface area (Å²) in [6.45, 7) is 1.76. The number of fused-ring (bicyclic) bond motifs is 2. The number of rotatable bonds is 2. The fourth-order valence-electron chi connectivity index (χ4n) is 2.86. The lowest BCUT2D eigenvalue weighted by atomic mass is 10.0. The molecule has 0 atom stereocenters. The highest BCUT2D eigenvalue weighted by atomic mass is 79.9. The van der Waals surface area contributed by atoms with Crippen molar-refractivity contribution in [3.63, 3.8) is 0 Å². The van der Waals surface area contributed by atoms with Gasteiger partial charge in [-0.1, -0.05) is 15.9 Å². The van der Waals surface area contributed by atoms with Gasteiger partial charge in [0.1, 0.15) is 0 Å². The van der Waals surface area contributed by atoms with Crippen molar-refractivity contribution in [1.82, 2.24) is 9.97 Å². The Morgan fingerprint density at radius 2 is 2.08 bits per heavy atom. The van der Waals surface area contributed by atoms with E-state index >= 15 is 0 Å². The van der Waals surface area contributed by atoms with Gasteiger partial charge in [0.05, 0.1) is 11.3 Å². The Balaban J connectivity index is 1.80. The number of aromatic nitrogens is 2. The van der Waals surface area contributed by atoms with Gasteiger partial charge in [0.2, 0.25) is 0 Å². The van der Waals surface area contributed by atoms with Crippen molar-refractivity contribution in [3.05, 3.63) is 70.0 Å². The first-order valence-electron chi connectivity index (χ1n) is 7.62. The molecule has 1 amide bonds. The number of nitrogens with one attached hydrogen (secondary N) is 1. The molecule has 0 saturated carbocycles. The van der Waals surface area contributed by atoms with Crippen LogP contribution in [-0.4, -0.2) is 21.7 Å². The van der Waals surface area contributed by atoms with E-state index in [9.17, 15) is 9.59 Å². The summed E-state index contributed by atoms with van der Waals surface area (Å²) in [6.07, 6.45) is 3.04. The molecule has 1 aliphatic heterocycles. The molecule has 122 valence electrons. The van der Waals surface area contributed by atoms with E-state index < -0.39 is 0 Å². The molecular weight excluding hydrogens is 382 g/mol. The van der Waals surface area contributed by atoms with Crippen molar-refractivity contribution < 1.29 is 9.59 Å². The highest BCUT2D eigenvalue weighted by Gasteiger charge is 2.25. The summed E-state index contributed by atoms with van der Waals surface area (Å²) in [7, 11) is 0. The van der Waals surface area contributed by atoms with Gasteiger partial charge in [0.25, 0.3) is 5.91 Å². The number of ketones is 1. The number of pyridine rings is 2. The molecule has 4 rings (SSSR count). The number of hydrogen-bond donors (Lipinski definition) is 1. The standard InChI is InChI=1S/C19H12BrN3O2/c1-10-13(7-11-3-2-6-21-18(11)22-10)17(24)9-15-14-8-12(20)4-5-16(14)23-19(15)25/h2-9H,1H3,(H,23,25)/b15-9+. The number of aryl methyl sites for hydroxylation is 1. The molecule has 1 N–H and O–H groups in total. The van der Waals surface area contributed by atoms with E-state index in [1.807, 2.05) is 18.2 Å². The lowest BCUT2D eigenvalue weighted by Gasteiger charge is -2.05. The van der Waals surface area contributed by atoms with Crippen LogP contribution in [0, 0.1) is 6.92 Å². The molecule has 0 unspecified atom stereocenters. The smallest absolute Gasteiger partial charge is 0.256 e. The van der Waals surface area contributed by atoms with Crippen LogP contribution >= 0.6 is 15.9 Å². The number of carbonyl (C=O) groups is 2. The molecular formula is C19H12BrN3O2. The number of anilines is 1. The van der Waals surface area contributed by atoms with E-state index in [0.29, 0.717) is 33.7 Å². The molecule has 5 nitrogen and oxygen atoms in total. The van der Waals surface area contributed by atoms with E-state index in [1.165, 1.54) is 6.08 Å². The topological polar surface area (TPSA) is 72.0 Å². The average Bonchev–Trinajstić information content (AvgIpc) is 2.89. The van der Waals surface area contributed by atoms with Crippen LogP contribution in [-0.2, 0) is 4.79 Å². The Hall–Kier alpha value is -2.86. The fraction of sp³-hybridized carbons (Fsp3) is 0.0526. The lowest BCUT2D eigenvalue weighted by Crippen LogP contribution is -2.07. The van der Waals surface area contributed by atoms with Gasteiger partial charge < -0.3 is 5.32 Å². The molecule has 0 aliphatic carbocycles. The Labute approximate surface area is 151 Å². The van der Waals surface area contributed by atoms with Gasteiger partial charge >= 0.3 is 0 Å². The van der Waals surface area contributed by atoms with Crippen molar-refractivity contribution in [1.29, 1.82) is 0 Å². The minimum atomic E-state index is -0.283. The maximum Gasteiger partial charge on any atom is 0.256 e. The number of nitrogens with zero attached hydrogens (tertiary/aromatic N) is 2. The van der Waals surface area contributed by atoms with Crippen molar-refractivity contribution in [2.45, 2.75) is 6.92 Å². The third-order valence-corrected chi connectivity index (χ3v) is 4.58. The van der Waals surface area contributed by atoms with Gasteiger partial charge in [0, 0.05) is 32.9 Å². The highest BCUT2D eigenvalue weighted by molar-refractivity contribution is 9.10. The number of hydrogen-bond acceptors (Lipinski definition) is 4. The summed E-state index contributed by atoms with van der Waals surface area (Å²) in [5.74, 6) is -0.539. The fourth-order valence-corrected chi connectivity index (χ4v) is 3.22. The number of benzene rings is 1. The number of allylic oxidation sites excluding steroid dienone is 1. The van der Waals surface area contributed by atoms with Crippen LogP contribution in [0.4, 0.5) is 5.69 Å².